The lowest BCUT2D eigenvalue weighted by molar-refractivity contribution is 0.0935. The number of rotatable bonds is 1. The fraction of sp³-hybridized carbons (Fsp3) is 0.389. The summed E-state index contributed by atoms with van der Waals surface area (Å²) in [5, 5.41) is 17.5. The van der Waals surface area contributed by atoms with Gasteiger partial charge >= 0.3 is 0 Å². The monoisotopic (exact) mass is 328 g/mol. The molecule has 0 spiro atoms. The summed E-state index contributed by atoms with van der Waals surface area (Å²) >= 11 is 1.70. The van der Waals surface area contributed by atoms with E-state index in [1.165, 1.54) is 10.4 Å². The number of phenols is 1. The topological polar surface area (TPSA) is 61.4 Å². The number of carbonyl (C=O) groups excluding carboxylic acids is 1. The van der Waals surface area contributed by atoms with Crippen LogP contribution in [0.4, 0.5) is 5.00 Å². The van der Waals surface area contributed by atoms with Crippen molar-refractivity contribution in [1.82, 2.24) is 5.32 Å². The van der Waals surface area contributed by atoms with Crippen molar-refractivity contribution in [3.63, 3.8) is 0 Å². The number of hydrogen-bond donors (Lipinski definition) is 3. The number of nitrogens with one attached hydrogen (secondary N) is 2. The minimum Gasteiger partial charge on any atom is -0.508 e. The Morgan fingerprint density at radius 3 is 2.91 bits per heavy atom. The van der Waals surface area contributed by atoms with Crippen LogP contribution in [0.15, 0.2) is 18.2 Å². The molecular weight excluding hydrogens is 308 g/mol. The van der Waals surface area contributed by atoms with E-state index in [-0.39, 0.29) is 17.8 Å². The summed E-state index contributed by atoms with van der Waals surface area (Å²) in [5.74, 6) is 0.861. The quantitative estimate of drug-likeness (QED) is 0.747. The van der Waals surface area contributed by atoms with Crippen molar-refractivity contribution in [3.8, 4) is 5.75 Å². The molecule has 0 fully saturated rings. The lowest BCUT2D eigenvalue weighted by Crippen LogP contribution is -2.38. The molecule has 1 aliphatic carbocycles. The molecule has 5 heteroatoms. The van der Waals surface area contributed by atoms with Crippen LogP contribution >= 0.6 is 11.3 Å². The van der Waals surface area contributed by atoms with Crippen LogP contribution in [0.5, 0.6) is 5.75 Å². The molecule has 2 aromatic rings. The second-order valence-electron chi connectivity index (χ2n) is 6.67. The van der Waals surface area contributed by atoms with Crippen LogP contribution < -0.4 is 10.6 Å². The Hall–Kier alpha value is -2.01. The number of carbonyl (C=O) groups is 1. The van der Waals surface area contributed by atoms with Gasteiger partial charge in [-0.25, -0.2) is 0 Å². The maximum absolute atomic E-state index is 12.6. The van der Waals surface area contributed by atoms with Gasteiger partial charge in [-0.05, 0) is 49.3 Å². The lowest BCUT2D eigenvalue weighted by Gasteiger charge is -2.27. The third-order valence-corrected chi connectivity index (χ3v) is 5.97. The van der Waals surface area contributed by atoms with E-state index in [2.05, 4.69) is 17.6 Å². The number of fused-ring (bicyclic) bond motifs is 3. The molecular formula is C18H20N2O2S. The zero-order valence-electron chi connectivity index (χ0n) is 13.3. The Morgan fingerprint density at radius 1 is 1.30 bits per heavy atom. The second-order valence-corrected chi connectivity index (χ2v) is 7.77. The average Bonchev–Trinajstić information content (AvgIpc) is 2.84. The van der Waals surface area contributed by atoms with Crippen LogP contribution in [0.3, 0.4) is 0 Å². The average molecular weight is 328 g/mol. The molecule has 1 aromatic heterocycles. The molecule has 23 heavy (non-hydrogen) atoms. The summed E-state index contributed by atoms with van der Waals surface area (Å²) < 4.78 is 0. The third-order valence-electron chi connectivity index (χ3n) is 4.79. The Balaban J connectivity index is 1.71. The van der Waals surface area contributed by atoms with Crippen LogP contribution in [-0.4, -0.2) is 11.0 Å². The Bertz CT molecular complexity index is 797. The smallest absolute Gasteiger partial charge is 0.256 e. The molecule has 0 saturated carbocycles. The van der Waals surface area contributed by atoms with E-state index in [0.717, 1.165) is 35.4 Å². The van der Waals surface area contributed by atoms with Gasteiger partial charge in [-0.1, -0.05) is 19.1 Å². The third kappa shape index (κ3) is 2.39. The molecule has 0 unspecified atom stereocenters. The van der Waals surface area contributed by atoms with Crippen LogP contribution in [-0.2, 0) is 12.8 Å². The molecule has 4 nitrogen and oxygen atoms in total. The number of aromatic hydroxyl groups is 1. The highest BCUT2D eigenvalue weighted by molar-refractivity contribution is 7.16. The SMILES string of the molecule is Cc1ccc([C@H]2NC(=O)c3c(sc4c3CC[C@@H](C)C4)N2)c(O)c1. The molecule has 0 radical (unpaired) electrons. The van der Waals surface area contributed by atoms with Crippen molar-refractivity contribution in [2.75, 3.05) is 5.32 Å². The van der Waals surface area contributed by atoms with E-state index in [1.807, 2.05) is 19.1 Å². The van der Waals surface area contributed by atoms with Crippen LogP contribution in [0.25, 0.3) is 0 Å². The molecule has 1 amide bonds. The lowest BCUT2D eigenvalue weighted by atomic mass is 9.88. The van der Waals surface area contributed by atoms with Crippen molar-refractivity contribution in [1.29, 1.82) is 0 Å². The standard InChI is InChI=1S/C18H20N2O2S/c1-9-3-5-11(13(21)7-9)16-19-17(22)15-12-6-4-10(2)8-14(12)23-18(15)20-16/h3,5,7,10,16,20-21H,4,6,8H2,1-2H3,(H,19,22)/t10-,16+/m1/s1. The zero-order chi connectivity index (χ0) is 16.1. The molecule has 0 saturated heterocycles. The van der Waals surface area contributed by atoms with Crippen molar-refractivity contribution in [2.45, 2.75) is 39.3 Å². The number of anilines is 1. The Kier molecular flexibility index (Phi) is 3.34. The normalized spacial score (nSPS) is 22.8. The van der Waals surface area contributed by atoms with E-state index < -0.39 is 0 Å². The van der Waals surface area contributed by atoms with Gasteiger partial charge < -0.3 is 15.7 Å². The number of hydrogen-bond acceptors (Lipinski definition) is 4. The van der Waals surface area contributed by atoms with Gasteiger partial charge in [0, 0.05) is 10.4 Å². The molecule has 2 aliphatic rings. The van der Waals surface area contributed by atoms with Crippen molar-refractivity contribution < 1.29 is 9.90 Å². The minimum absolute atomic E-state index is 0.0317. The van der Waals surface area contributed by atoms with E-state index in [9.17, 15) is 9.90 Å². The van der Waals surface area contributed by atoms with E-state index in [4.69, 9.17) is 0 Å². The van der Waals surface area contributed by atoms with Gasteiger partial charge in [0.15, 0.2) is 0 Å². The van der Waals surface area contributed by atoms with Gasteiger partial charge in [-0.3, -0.25) is 4.79 Å². The van der Waals surface area contributed by atoms with Crippen molar-refractivity contribution in [2.24, 2.45) is 5.92 Å². The van der Waals surface area contributed by atoms with Gasteiger partial charge in [0.2, 0.25) is 0 Å². The predicted molar refractivity (Wildman–Crippen MR) is 92.2 cm³/mol. The first-order chi connectivity index (χ1) is 11.0. The molecule has 1 aromatic carbocycles. The number of thiophene rings is 1. The second kappa shape index (κ2) is 5.27. The zero-order valence-corrected chi connectivity index (χ0v) is 14.1. The largest absolute Gasteiger partial charge is 0.508 e. The summed E-state index contributed by atoms with van der Waals surface area (Å²) in [5.41, 5.74) is 3.74. The number of phenolic OH excluding ortho intramolecular Hbond substituents is 1. The van der Waals surface area contributed by atoms with Crippen LogP contribution in [0.1, 0.15) is 51.4 Å². The summed E-state index contributed by atoms with van der Waals surface area (Å²) in [7, 11) is 0. The Labute approximate surface area is 139 Å². The van der Waals surface area contributed by atoms with Crippen molar-refractivity contribution in [3.05, 3.63) is 45.3 Å². The highest BCUT2D eigenvalue weighted by Gasteiger charge is 2.33. The van der Waals surface area contributed by atoms with Crippen molar-refractivity contribution >= 4 is 22.2 Å². The molecule has 4 rings (SSSR count). The first-order valence-corrected chi connectivity index (χ1v) is 8.86. The molecule has 2 atom stereocenters. The van der Waals surface area contributed by atoms with Crippen LogP contribution in [0.2, 0.25) is 0 Å². The fourth-order valence-electron chi connectivity index (χ4n) is 3.52. The maximum Gasteiger partial charge on any atom is 0.256 e. The first-order valence-electron chi connectivity index (χ1n) is 8.04. The summed E-state index contributed by atoms with van der Waals surface area (Å²) in [6.45, 7) is 4.20. The van der Waals surface area contributed by atoms with Gasteiger partial charge in [0.05, 0.1) is 5.56 Å². The molecule has 120 valence electrons. The number of aryl methyl sites for hydroxylation is 1. The number of benzene rings is 1. The highest BCUT2D eigenvalue weighted by Crippen LogP contribution is 2.43. The summed E-state index contributed by atoms with van der Waals surface area (Å²) in [6, 6.07) is 5.53. The minimum atomic E-state index is -0.381. The van der Waals surface area contributed by atoms with Gasteiger partial charge in [0.25, 0.3) is 5.91 Å². The van der Waals surface area contributed by atoms with E-state index in [0.29, 0.717) is 11.5 Å². The first kappa shape index (κ1) is 14.6. The summed E-state index contributed by atoms with van der Waals surface area (Å²) in [6.07, 6.45) is 2.81. The van der Waals surface area contributed by atoms with E-state index >= 15 is 0 Å². The van der Waals surface area contributed by atoms with Gasteiger partial charge in [0.1, 0.15) is 16.9 Å². The molecule has 1 aliphatic heterocycles. The fourth-order valence-corrected chi connectivity index (χ4v) is 4.95. The Morgan fingerprint density at radius 2 is 2.13 bits per heavy atom. The van der Waals surface area contributed by atoms with Gasteiger partial charge in [-0.2, -0.15) is 0 Å². The predicted octanol–water partition coefficient (Wildman–Crippen LogP) is 3.74. The van der Waals surface area contributed by atoms with E-state index in [1.54, 1.807) is 17.4 Å². The van der Waals surface area contributed by atoms with Gasteiger partial charge in [-0.15, -0.1) is 11.3 Å². The molecule has 0 bridgehead atoms. The summed E-state index contributed by atoms with van der Waals surface area (Å²) in [4.78, 5) is 14.0. The maximum atomic E-state index is 12.6. The van der Waals surface area contributed by atoms with Crippen LogP contribution in [0, 0.1) is 12.8 Å². The number of amides is 1. The molecule has 3 N–H and O–H groups in total. The highest BCUT2D eigenvalue weighted by atomic mass is 32.1. The molecule has 2 heterocycles.